The molecule has 1 aromatic rings. The molecule has 1 amide bonds. The molecule has 1 aliphatic rings. The molecule has 21 heavy (non-hydrogen) atoms. The lowest BCUT2D eigenvalue weighted by Crippen LogP contribution is -2.42. The monoisotopic (exact) mass is 283 g/mol. The summed E-state index contributed by atoms with van der Waals surface area (Å²) in [4.78, 5) is 15.9. The van der Waals surface area contributed by atoms with Crippen LogP contribution in [0.5, 0.6) is 0 Å². The Balaban J connectivity index is 2.33. The smallest absolute Gasteiger partial charge is 0.281 e. The molecule has 0 fully saturated rings. The average molecular weight is 283 g/mol. The van der Waals surface area contributed by atoms with Crippen LogP contribution in [0.4, 0.5) is 0 Å². The molecule has 1 heterocycles. The third-order valence-corrected chi connectivity index (χ3v) is 3.07. The van der Waals surface area contributed by atoms with Gasteiger partial charge in [-0.05, 0) is 31.9 Å². The van der Waals surface area contributed by atoms with E-state index >= 15 is 0 Å². The van der Waals surface area contributed by atoms with Crippen molar-refractivity contribution in [3.63, 3.8) is 0 Å². The number of benzene rings is 1. The highest BCUT2D eigenvalue weighted by Crippen LogP contribution is 2.17. The van der Waals surface area contributed by atoms with Gasteiger partial charge in [0.25, 0.3) is 5.91 Å². The number of carbonyl (C=O) groups excluding carboxylic acids is 1. The van der Waals surface area contributed by atoms with E-state index in [0.717, 1.165) is 5.56 Å². The van der Waals surface area contributed by atoms with Gasteiger partial charge in [0, 0.05) is 5.56 Å². The van der Waals surface area contributed by atoms with Crippen LogP contribution in [0.25, 0.3) is 0 Å². The summed E-state index contributed by atoms with van der Waals surface area (Å²) in [7, 11) is 0. The van der Waals surface area contributed by atoms with Crippen LogP contribution in [0.1, 0.15) is 12.5 Å². The Hall–Kier alpha value is -2.69. The van der Waals surface area contributed by atoms with Crippen LogP contribution >= 0.6 is 0 Å². The molecule has 0 radical (unpaired) electrons. The molecule has 1 aromatic carbocycles. The molecular weight excluding hydrogens is 266 g/mol. The molecule has 0 saturated heterocycles. The molecule has 0 saturated carbocycles. The van der Waals surface area contributed by atoms with E-state index in [-0.39, 0.29) is 18.6 Å². The van der Waals surface area contributed by atoms with Gasteiger partial charge in [-0.1, -0.05) is 30.9 Å². The maximum atomic E-state index is 12.0. The number of aliphatic imine (C=N–C) groups is 1. The highest BCUT2D eigenvalue weighted by Gasteiger charge is 2.28. The van der Waals surface area contributed by atoms with Gasteiger partial charge in [-0.3, -0.25) is 9.79 Å². The first-order chi connectivity index (χ1) is 10.2. The molecule has 5 heteroatoms. The molecule has 108 valence electrons. The van der Waals surface area contributed by atoms with Gasteiger partial charge in [-0.15, -0.1) is 5.10 Å². The Kier molecular flexibility index (Phi) is 4.66. The summed E-state index contributed by atoms with van der Waals surface area (Å²) < 4.78 is 5.40. The van der Waals surface area contributed by atoms with Crippen molar-refractivity contribution >= 4 is 18.5 Å². The normalized spacial score (nSPS) is 16.8. The summed E-state index contributed by atoms with van der Waals surface area (Å²) in [5.74, 6) is 0.199. The summed E-state index contributed by atoms with van der Waals surface area (Å²) in [5.41, 5.74) is 1.44. The molecule has 1 atom stereocenters. The van der Waals surface area contributed by atoms with Crippen LogP contribution in [0, 0.1) is 0 Å². The number of hydrazone groups is 1. The molecule has 1 unspecified atom stereocenters. The zero-order chi connectivity index (χ0) is 15.2. The van der Waals surface area contributed by atoms with E-state index in [1.54, 1.807) is 12.2 Å². The zero-order valence-electron chi connectivity index (χ0n) is 11.9. The van der Waals surface area contributed by atoms with Crippen LogP contribution in [0.3, 0.4) is 0 Å². The van der Waals surface area contributed by atoms with Crippen molar-refractivity contribution in [2.75, 3.05) is 6.61 Å². The summed E-state index contributed by atoms with van der Waals surface area (Å²) in [6.45, 7) is 8.93. The first-order valence-corrected chi connectivity index (χ1v) is 6.55. The van der Waals surface area contributed by atoms with E-state index in [9.17, 15) is 4.79 Å². The number of ether oxygens (including phenoxy) is 1. The number of nitrogens with zero attached hydrogens (tertiary/aromatic N) is 3. The number of amides is 1. The standard InChI is InChI=1S/C16H17N3O2/c1-4-8-14(17-3)12(2)19-15(20)11-21-16(18-19)13-9-6-5-7-10-13/h4-10,12H,1,3,11H2,2H3/b14-8-. The van der Waals surface area contributed by atoms with Crippen LogP contribution < -0.4 is 0 Å². The highest BCUT2D eigenvalue weighted by molar-refractivity contribution is 5.98. The quantitative estimate of drug-likeness (QED) is 0.615. The fourth-order valence-corrected chi connectivity index (χ4v) is 1.97. The first kappa shape index (κ1) is 14.7. The van der Waals surface area contributed by atoms with Crippen molar-refractivity contribution in [1.29, 1.82) is 0 Å². The molecular formula is C16H17N3O2. The largest absolute Gasteiger partial charge is 0.466 e. The van der Waals surface area contributed by atoms with E-state index in [4.69, 9.17) is 4.74 Å². The minimum Gasteiger partial charge on any atom is -0.466 e. The summed E-state index contributed by atoms with van der Waals surface area (Å²) in [6, 6.07) is 9.10. The second kappa shape index (κ2) is 6.65. The van der Waals surface area contributed by atoms with Crippen molar-refractivity contribution in [2.24, 2.45) is 10.1 Å². The summed E-state index contributed by atoms with van der Waals surface area (Å²) >= 11 is 0. The average Bonchev–Trinajstić information content (AvgIpc) is 2.53. The number of carbonyl (C=O) groups is 1. The Labute approximate surface area is 123 Å². The van der Waals surface area contributed by atoms with Gasteiger partial charge >= 0.3 is 0 Å². The second-order valence-corrected chi connectivity index (χ2v) is 4.46. The predicted octanol–water partition coefficient (Wildman–Crippen LogP) is 2.37. The third-order valence-electron chi connectivity index (χ3n) is 3.07. The fourth-order valence-electron chi connectivity index (χ4n) is 1.97. The molecule has 0 aromatic heterocycles. The van der Waals surface area contributed by atoms with Crippen LogP contribution in [-0.2, 0) is 9.53 Å². The number of rotatable bonds is 5. The summed E-state index contributed by atoms with van der Waals surface area (Å²) in [5, 5.41) is 5.67. The molecule has 1 aliphatic heterocycles. The fraction of sp³-hybridized carbons (Fsp3) is 0.188. The second-order valence-electron chi connectivity index (χ2n) is 4.46. The van der Waals surface area contributed by atoms with E-state index in [1.807, 2.05) is 37.3 Å². The van der Waals surface area contributed by atoms with Crippen molar-refractivity contribution in [2.45, 2.75) is 13.0 Å². The number of hydrogen-bond acceptors (Lipinski definition) is 4. The third kappa shape index (κ3) is 3.25. The molecule has 0 spiro atoms. The highest BCUT2D eigenvalue weighted by atomic mass is 16.5. The number of hydrogen-bond donors (Lipinski definition) is 0. The Morgan fingerprint density at radius 3 is 2.81 bits per heavy atom. The molecule has 0 N–H and O–H groups in total. The van der Waals surface area contributed by atoms with Crippen molar-refractivity contribution in [1.82, 2.24) is 5.01 Å². The van der Waals surface area contributed by atoms with Crippen LogP contribution in [0.15, 0.2) is 64.9 Å². The lowest BCUT2D eigenvalue weighted by Gasteiger charge is -2.28. The maximum absolute atomic E-state index is 12.0. The van der Waals surface area contributed by atoms with Gasteiger partial charge in [-0.2, -0.15) is 0 Å². The zero-order valence-corrected chi connectivity index (χ0v) is 11.9. The van der Waals surface area contributed by atoms with Crippen LogP contribution in [-0.4, -0.2) is 36.2 Å². The molecule has 2 rings (SSSR count). The predicted molar refractivity (Wildman–Crippen MR) is 83.1 cm³/mol. The SMILES string of the molecule is C=C/C=C(\N=C)C(C)N1N=C(c2ccccc2)OCC1=O. The minimum absolute atomic E-state index is 0.0451. The van der Waals surface area contributed by atoms with E-state index in [1.165, 1.54) is 5.01 Å². The lowest BCUT2D eigenvalue weighted by atomic mass is 10.2. The van der Waals surface area contributed by atoms with Gasteiger partial charge in [0.1, 0.15) is 0 Å². The number of allylic oxidation sites excluding steroid dienone is 2. The first-order valence-electron chi connectivity index (χ1n) is 6.55. The van der Waals surface area contributed by atoms with Gasteiger partial charge in [0.2, 0.25) is 5.90 Å². The lowest BCUT2D eigenvalue weighted by molar-refractivity contribution is -0.137. The molecule has 5 nitrogen and oxygen atoms in total. The topological polar surface area (TPSA) is 54.3 Å². The Morgan fingerprint density at radius 1 is 1.48 bits per heavy atom. The van der Waals surface area contributed by atoms with Crippen molar-refractivity contribution in [3.05, 3.63) is 60.3 Å². The van der Waals surface area contributed by atoms with Crippen LogP contribution in [0.2, 0.25) is 0 Å². The minimum atomic E-state index is -0.337. The Morgan fingerprint density at radius 2 is 2.19 bits per heavy atom. The van der Waals surface area contributed by atoms with E-state index < -0.39 is 0 Å². The Bertz CT molecular complexity index is 605. The maximum Gasteiger partial charge on any atom is 0.281 e. The van der Waals surface area contributed by atoms with Gasteiger partial charge in [0.15, 0.2) is 6.61 Å². The van der Waals surface area contributed by atoms with Gasteiger partial charge in [0.05, 0.1) is 11.7 Å². The van der Waals surface area contributed by atoms with Gasteiger partial charge in [-0.25, -0.2) is 5.01 Å². The van der Waals surface area contributed by atoms with Crippen molar-refractivity contribution < 1.29 is 9.53 Å². The van der Waals surface area contributed by atoms with E-state index in [0.29, 0.717) is 11.6 Å². The molecule has 0 aliphatic carbocycles. The van der Waals surface area contributed by atoms with Crippen molar-refractivity contribution in [3.8, 4) is 0 Å². The summed E-state index contributed by atoms with van der Waals surface area (Å²) in [6.07, 6.45) is 3.31. The van der Waals surface area contributed by atoms with E-state index in [2.05, 4.69) is 23.4 Å². The molecule has 0 bridgehead atoms. The van der Waals surface area contributed by atoms with Gasteiger partial charge < -0.3 is 4.74 Å².